The first-order valence-electron chi connectivity index (χ1n) is 8.75. The molecule has 3 nitrogen and oxygen atoms in total. The number of likely N-dealkylation sites (tertiary alicyclic amines) is 1. The van der Waals surface area contributed by atoms with Gasteiger partial charge in [0.1, 0.15) is 0 Å². The van der Waals surface area contributed by atoms with Gasteiger partial charge in [-0.1, -0.05) is 55.3 Å². The number of hydrogen-bond donors (Lipinski definition) is 1. The number of carbonyl (C=O) groups excluding carboxylic acids is 1. The van der Waals surface area contributed by atoms with Crippen LogP contribution in [-0.4, -0.2) is 30.4 Å². The van der Waals surface area contributed by atoms with E-state index in [0.29, 0.717) is 13.0 Å². The van der Waals surface area contributed by atoms with E-state index in [-0.39, 0.29) is 11.8 Å². The molecule has 1 amide bonds. The van der Waals surface area contributed by atoms with E-state index in [4.69, 9.17) is 5.73 Å². The minimum atomic E-state index is 0.0943. The number of fused-ring (bicyclic) bond motifs is 1. The van der Waals surface area contributed by atoms with E-state index in [2.05, 4.69) is 36.4 Å². The summed E-state index contributed by atoms with van der Waals surface area (Å²) in [7, 11) is 0. The van der Waals surface area contributed by atoms with E-state index < -0.39 is 0 Å². The Kier molecular flexibility index (Phi) is 5.29. The highest BCUT2D eigenvalue weighted by Gasteiger charge is 2.21. The van der Waals surface area contributed by atoms with Gasteiger partial charge in [0, 0.05) is 25.4 Å². The van der Waals surface area contributed by atoms with Crippen LogP contribution in [0.4, 0.5) is 0 Å². The normalized spacial score (nSPS) is 17.0. The van der Waals surface area contributed by atoms with Crippen molar-refractivity contribution in [3.05, 3.63) is 48.0 Å². The molecule has 0 aliphatic carbocycles. The zero-order chi connectivity index (χ0) is 16.1. The van der Waals surface area contributed by atoms with Crippen LogP contribution in [0.15, 0.2) is 42.5 Å². The molecule has 1 atom stereocenters. The predicted molar refractivity (Wildman–Crippen MR) is 95.4 cm³/mol. The molecule has 0 spiro atoms. The maximum Gasteiger partial charge on any atom is 0.223 e. The van der Waals surface area contributed by atoms with Gasteiger partial charge in [-0.15, -0.1) is 0 Å². The van der Waals surface area contributed by atoms with Crippen LogP contribution >= 0.6 is 0 Å². The van der Waals surface area contributed by atoms with Crippen LogP contribution in [0.1, 0.15) is 43.6 Å². The maximum atomic E-state index is 12.7. The van der Waals surface area contributed by atoms with Gasteiger partial charge in [-0.05, 0) is 35.7 Å². The Labute approximate surface area is 138 Å². The summed E-state index contributed by atoms with van der Waals surface area (Å²) in [5.74, 6) is 0.354. The summed E-state index contributed by atoms with van der Waals surface area (Å²) < 4.78 is 0. The number of nitrogens with two attached hydrogens (primary N) is 1. The molecule has 0 saturated carbocycles. The lowest BCUT2D eigenvalue weighted by atomic mass is 9.90. The Bertz CT molecular complexity index is 654. The second-order valence-corrected chi connectivity index (χ2v) is 6.50. The van der Waals surface area contributed by atoms with E-state index in [1.807, 2.05) is 11.0 Å². The van der Waals surface area contributed by atoms with Gasteiger partial charge in [0.15, 0.2) is 0 Å². The van der Waals surface area contributed by atoms with Crippen LogP contribution in [-0.2, 0) is 4.79 Å². The lowest BCUT2D eigenvalue weighted by Crippen LogP contribution is -2.33. The molecule has 1 aliphatic heterocycles. The van der Waals surface area contributed by atoms with E-state index in [1.54, 1.807) is 0 Å². The average molecular weight is 310 g/mol. The Morgan fingerprint density at radius 2 is 1.70 bits per heavy atom. The number of rotatable bonds is 4. The van der Waals surface area contributed by atoms with Crippen molar-refractivity contribution in [3.8, 4) is 0 Å². The molecule has 122 valence electrons. The van der Waals surface area contributed by atoms with Crippen molar-refractivity contribution in [1.82, 2.24) is 4.90 Å². The molecular weight excluding hydrogens is 284 g/mol. The van der Waals surface area contributed by atoms with Crippen LogP contribution in [0.25, 0.3) is 10.8 Å². The van der Waals surface area contributed by atoms with E-state index in [1.165, 1.54) is 29.2 Å². The first-order valence-corrected chi connectivity index (χ1v) is 8.75. The highest BCUT2D eigenvalue weighted by atomic mass is 16.2. The fraction of sp³-hybridized carbons (Fsp3) is 0.450. The van der Waals surface area contributed by atoms with Gasteiger partial charge in [-0.2, -0.15) is 0 Å². The molecule has 0 bridgehead atoms. The third kappa shape index (κ3) is 3.73. The fourth-order valence-corrected chi connectivity index (χ4v) is 3.59. The molecule has 1 unspecified atom stereocenters. The van der Waals surface area contributed by atoms with Crippen molar-refractivity contribution in [2.75, 3.05) is 19.6 Å². The molecule has 2 aromatic rings. The van der Waals surface area contributed by atoms with Crippen molar-refractivity contribution in [2.24, 2.45) is 5.73 Å². The highest BCUT2D eigenvalue weighted by Crippen LogP contribution is 2.28. The molecule has 0 radical (unpaired) electrons. The summed E-state index contributed by atoms with van der Waals surface area (Å²) in [4.78, 5) is 14.7. The number of nitrogens with zero attached hydrogens (tertiary/aromatic N) is 1. The monoisotopic (exact) mass is 310 g/mol. The Morgan fingerprint density at radius 3 is 2.43 bits per heavy atom. The number of carbonyl (C=O) groups is 1. The molecule has 1 heterocycles. The van der Waals surface area contributed by atoms with Gasteiger partial charge in [-0.25, -0.2) is 0 Å². The second kappa shape index (κ2) is 7.60. The molecule has 3 heteroatoms. The summed E-state index contributed by atoms with van der Waals surface area (Å²) in [5, 5.41) is 2.43. The minimum absolute atomic E-state index is 0.0943. The van der Waals surface area contributed by atoms with Crippen molar-refractivity contribution >= 4 is 16.7 Å². The van der Waals surface area contributed by atoms with E-state index >= 15 is 0 Å². The maximum absolute atomic E-state index is 12.7. The molecule has 2 aromatic carbocycles. The van der Waals surface area contributed by atoms with Gasteiger partial charge >= 0.3 is 0 Å². The second-order valence-electron chi connectivity index (χ2n) is 6.50. The average Bonchev–Trinajstić information content (AvgIpc) is 2.88. The Morgan fingerprint density at radius 1 is 1.00 bits per heavy atom. The van der Waals surface area contributed by atoms with Gasteiger partial charge in [-0.3, -0.25) is 4.79 Å². The minimum Gasteiger partial charge on any atom is -0.343 e. The van der Waals surface area contributed by atoms with Gasteiger partial charge in [0.2, 0.25) is 5.91 Å². The molecular formula is C20H26N2O. The first kappa shape index (κ1) is 16.0. The van der Waals surface area contributed by atoms with Crippen LogP contribution in [0.5, 0.6) is 0 Å². The summed E-state index contributed by atoms with van der Waals surface area (Å²) in [6.45, 7) is 2.32. The Balaban J connectivity index is 1.80. The number of amides is 1. The van der Waals surface area contributed by atoms with Gasteiger partial charge in [0.25, 0.3) is 0 Å². The number of benzene rings is 2. The molecule has 1 aliphatic rings. The topological polar surface area (TPSA) is 46.3 Å². The van der Waals surface area contributed by atoms with Crippen LogP contribution < -0.4 is 5.73 Å². The summed E-state index contributed by atoms with van der Waals surface area (Å²) in [6, 6.07) is 14.6. The largest absolute Gasteiger partial charge is 0.343 e. The molecule has 1 saturated heterocycles. The zero-order valence-corrected chi connectivity index (χ0v) is 13.7. The quantitative estimate of drug-likeness (QED) is 0.936. The molecule has 3 rings (SSSR count). The van der Waals surface area contributed by atoms with E-state index in [9.17, 15) is 4.79 Å². The van der Waals surface area contributed by atoms with Gasteiger partial charge in [0.05, 0.1) is 0 Å². The standard InChI is InChI=1S/C20H26N2O/c21-15-17(14-20(23)22-12-5-1-2-6-13-22)19-11-7-9-16-8-3-4-10-18(16)19/h3-4,7-11,17H,1-2,5-6,12-15,21H2. The summed E-state index contributed by atoms with van der Waals surface area (Å²) in [5.41, 5.74) is 7.24. The Hall–Kier alpha value is -1.87. The molecule has 0 aromatic heterocycles. The molecule has 2 N–H and O–H groups in total. The lowest BCUT2D eigenvalue weighted by Gasteiger charge is -2.24. The molecule has 23 heavy (non-hydrogen) atoms. The SMILES string of the molecule is NCC(CC(=O)N1CCCCCC1)c1cccc2ccccc12. The van der Waals surface area contributed by atoms with Gasteiger partial charge < -0.3 is 10.6 Å². The lowest BCUT2D eigenvalue weighted by molar-refractivity contribution is -0.131. The highest BCUT2D eigenvalue weighted by molar-refractivity contribution is 5.87. The smallest absolute Gasteiger partial charge is 0.223 e. The zero-order valence-electron chi connectivity index (χ0n) is 13.7. The predicted octanol–water partition coefficient (Wildman–Crippen LogP) is 3.67. The van der Waals surface area contributed by atoms with Crippen LogP contribution in [0.2, 0.25) is 0 Å². The third-order valence-corrected chi connectivity index (χ3v) is 4.93. The first-order chi connectivity index (χ1) is 11.3. The number of hydrogen-bond acceptors (Lipinski definition) is 2. The molecule has 1 fully saturated rings. The van der Waals surface area contributed by atoms with Crippen molar-refractivity contribution in [1.29, 1.82) is 0 Å². The summed E-state index contributed by atoms with van der Waals surface area (Å²) in [6.07, 6.45) is 5.27. The fourth-order valence-electron chi connectivity index (χ4n) is 3.59. The van der Waals surface area contributed by atoms with Crippen molar-refractivity contribution in [2.45, 2.75) is 38.0 Å². The van der Waals surface area contributed by atoms with E-state index in [0.717, 1.165) is 25.9 Å². The van der Waals surface area contributed by atoms with Crippen molar-refractivity contribution < 1.29 is 4.79 Å². The van der Waals surface area contributed by atoms with Crippen LogP contribution in [0.3, 0.4) is 0 Å². The third-order valence-electron chi connectivity index (χ3n) is 4.93. The van der Waals surface area contributed by atoms with Crippen molar-refractivity contribution in [3.63, 3.8) is 0 Å². The van der Waals surface area contributed by atoms with Crippen LogP contribution in [0, 0.1) is 0 Å². The summed E-state index contributed by atoms with van der Waals surface area (Å²) >= 11 is 0.